The van der Waals surface area contributed by atoms with Crippen LogP contribution in [0.3, 0.4) is 0 Å². The van der Waals surface area contributed by atoms with Gasteiger partial charge in [0.2, 0.25) is 5.91 Å². The molecular weight excluding hydrogens is 466 g/mol. The van der Waals surface area contributed by atoms with Crippen LogP contribution in [0.2, 0.25) is 0 Å². The van der Waals surface area contributed by atoms with Crippen molar-refractivity contribution >= 4 is 22.6 Å². The van der Waals surface area contributed by atoms with Gasteiger partial charge in [-0.25, -0.2) is 13.8 Å². The Kier molecular flexibility index (Phi) is 5.40. The Hall–Kier alpha value is -3.59. The number of benzene rings is 2. The summed E-state index contributed by atoms with van der Waals surface area (Å²) >= 11 is 0. The van der Waals surface area contributed by atoms with Crippen molar-refractivity contribution in [3.05, 3.63) is 65.3 Å². The zero-order valence-electron chi connectivity index (χ0n) is 20.0. The fourth-order valence-corrected chi connectivity index (χ4v) is 5.63. The highest BCUT2D eigenvalue weighted by Gasteiger charge is 2.38. The van der Waals surface area contributed by atoms with Crippen LogP contribution in [0, 0.1) is 25.5 Å². The van der Waals surface area contributed by atoms with Gasteiger partial charge in [0.1, 0.15) is 11.6 Å². The van der Waals surface area contributed by atoms with Crippen molar-refractivity contribution in [3.8, 4) is 11.1 Å². The summed E-state index contributed by atoms with van der Waals surface area (Å²) in [6.07, 6.45) is 2.45. The Morgan fingerprint density at radius 3 is 2.58 bits per heavy atom. The Morgan fingerprint density at radius 1 is 1.08 bits per heavy atom. The van der Waals surface area contributed by atoms with Crippen LogP contribution in [0.4, 0.5) is 14.5 Å². The van der Waals surface area contributed by atoms with E-state index < -0.39 is 17.7 Å². The molecule has 2 aromatic heterocycles. The second-order valence-electron chi connectivity index (χ2n) is 9.79. The normalized spacial score (nSPS) is 22.3. The summed E-state index contributed by atoms with van der Waals surface area (Å²) in [4.78, 5) is 19.7. The van der Waals surface area contributed by atoms with E-state index in [-0.39, 0.29) is 18.1 Å². The van der Waals surface area contributed by atoms with Gasteiger partial charge in [-0.15, -0.1) is 0 Å². The molecule has 1 saturated carbocycles. The highest BCUT2D eigenvalue weighted by atomic mass is 19.2. The maximum absolute atomic E-state index is 14.1. The summed E-state index contributed by atoms with van der Waals surface area (Å²) in [5.74, 6) is -0.695. The van der Waals surface area contributed by atoms with Crippen molar-refractivity contribution < 1.29 is 23.2 Å². The zero-order valence-corrected chi connectivity index (χ0v) is 20.0. The number of fused-ring (bicyclic) bond motifs is 1. The summed E-state index contributed by atoms with van der Waals surface area (Å²) in [6.45, 7) is 3.76. The van der Waals surface area contributed by atoms with Gasteiger partial charge in [-0.05, 0) is 69.4 Å². The minimum atomic E-state index is -0.996. The average molecular weight is 493 g/mol. The molecular formula is C27H26F2N4O3. The van der Waals surface area contributed by atoms with Gasteiger partial charge in [0.25, 0.3) is 0 Å². The van der Waals surface area contributed by atoms with E-state index in [9.17, 15) is 18.7 Å². The summed E-state index contributed by atoms with van der Waals surface area (Å²) in [5, 5.41) is 14.1. The molecule has 36 heavy (non-hydrogen) atoms. The van der Waals surface area contributed by atoms with E-state index in [1.807, 2.05) is 32.0 Å². The number of aliphatic hydroxyl groups is 1. The highest BCUT2D eigenvalue weighted by molar-refractivity contribution is 5.95. The van der Waals surface area contributed by atoms with Gasteiger partial charge in [-0.2, -0.15) is 0 Å². The summed E-state index contributed by atoms with van der Waals surface area (Å²) in [7, 11) is 0. The number of amides is 1. The molecule has 1 atom stereocenters. The molecule has 1 saturated heterocycles. The Balaban J connectivity index is 1.51. The number of carbonyl (C=O) groups excluding carboxylic acids is 1. The van der Waals surface area contributed by atoms with E-state index in [0.717, 1.165) is 45.7 Å². The molecule has 0 spiro atoms. The molecule has 0 unspecified atom stereocenters. The van der Waals surface area contributed by atoms with E-state index in [1.54, 1.807) is 4.90 Å². The molecule has 7 nitrogen and oxygen atoms in total. The number of aromatic nitrogens is 3. The molecule has 6 rings (SSSR count). The van der Waals surface area contributed by atoms with Crippen LogP contribution in [-0.4, -0.2) is 31.8 Å². The largest absolute Gasteiger partial charge is 0.393 e. The van der Waals surface area contributed by atoms with Gasteiger partial charge in [0.15, 0.2) is 11.6 Å². The quantitative estimate of drug-likeness (QED) is 0.404. The van der Waals surface area contributed by atoms with Crippen molar-refractivity contribution in [2.24, 2.45) is 0 Å². The van der Waals surface area contributed by atoms with E-state index in [1.165, 1.54) is 6.07 Å². The van der Waals surface area contributed by atoms with Crippen LogP contribution in [0.25, 0.3) is 22.2 Å². The van der Waals surface area contributed by atoms with Crippen LogP contribution in [0.1, 0.15) is 61.5 Å². The molecule has 1 amide bonds. The van der Waals surface area contributed by atoms with Crippen molar-refractivity contribution in [1.29, 1.82) is 0 Å². The number of piperidine rings is 1. The summed E-state index contributed by atoms with van der Waals surface area (Å²) in [6, 6.07) is 9.15. The molecule has 2 fully saturated rings. The summed E-state index contributed by atoms with van der Waals surface area (Å²) in [5.41, 5.74) is 4.61. The zero-order chi connectivity index (χ0) is 25.1. The SMILES string of the molecule is Cc1noc(C)c1-c1ccc2c(c1)nc([C@@H]1CCCC(=O)N1c1ccc(F)c(F)c1)n2C1CC(O)C1. The topological polar surface area (TPSA) is 84.4 Å². The number of imidazole rings is 1. The standard InChI is InChI=1S/C27H26F2N4O3/c1-14-26(15(2)36-31-14)16-6-9-23-22(10-16)30-27(33(23)18-11-19(34)12-18)24-4-3-5-25(35)32(24)17-7-8-20(28)21(29)13-17/h6-10,13,18-19,24,34H,3-5,11-12H2,1-2H3/t18?,19?,24-/m0/s1. The van der Waals surface area contributed by atoms with E-state index in [2.05, 4.69) is 9.72 Å². The van der Waals surface area contributed by atoms with Crippen LogP contribution in [-0.2, 0) is 4.79 Å². The summed E-state index contributed by atoms with van der Waals surface area (Å²) < 4.78 is 35.3. The number of halogens is 2. The van der Waals surface area contributed by atoms with Gasteiger partial charge in [0.05, 0.1) is 28.9 Å². The van der Waals surface area contributed by atoms with E-state index in [4.69, 9.17) is 9.51 Å². The molecule has 2 aromatic carbocycles. The number of hydrogen-bond donors (Lipinski definition) is 1. The predicted octanol–water partition coefficient (Wildman–Crippen LogP) is 5.54. The Morgan fingerprint density at radius 2 is 1.89 bits per heavy atom. The fraction of sp³-hybridized carbons (Fsp3) is 0.370. The van der Waals surface area contributed by atoms with Gasteiger partial charge in [-0.3, -0.25) is 4.79 Å². The van der Waals surface area contributed by atoms with Gasteiger partial charge >= 0.3 is 0 Å². The van der Waals surface area contributed by atoms with Gasteiger partial charge < -0.3 is 19.1 Å². The molecule has 1 N–H and O–H groups in total. The Bertz CT molecular complexity index is 1470. The van der Waals surface area contributed by atoms with Gasteiger partial charge in [0, 0.05) is 29.8 Å². The number of rotatable bonds is 4. The lowest BCUT2D eigenvalue weighted by molar-refractivity contribution is -0.120. The fourth-order valence-electron chi connectivity index (χ4n) is 5.63. The molecule has 1 aliphatic carbocycles. The smallest absolute Gasteiger partial charge is 0.227 e. The molecule has 3 heterocycles. The average Bonchev–Trinajstić information content (AvgIpc) is 3.37. The number of hydrogen-bond acceptors (Lipinski definition) is 5. The minimum Gasteiger partial charge on any atom is -0.393 e. The molecule has 186 valence electrons. The Labute approximate surface area is 206 Å². The highest BCUT2D eigenvalue weighted by Crippen LogP contribution is 2.43. The first-order chi connectivity index (χ1) is 17.3. The first kappa shape index (κ1) is 22.8. The third kappa shape index (κ3) is 3.61. The van der Waals surface area contributed by atoms with Crippen molar-refractivity contribution in [2.75, 3.05) is 4.90 Å². The van der Waals surface area contributed by atoms with Crippen molar-refractivity contribution in [2.45, 2.75) is 64.1 Å². The number of nitrogens with zero attached hydrogens (tertiary/aromatic N) is 4. The van der Waals surface area contributed by atoms with Crippen LogP contribution >= 0.6 is 0 Å². The maximum atomic E-state index is 14.1. The molecule has 2 aliphatic rings. The number of aryl methyl sites for hydroxylation is 2. The van der Waals surface area contributed by atoms with Crippen molar-refractivity contribution in [1.82, 2.24) is 14.7 Å². The number of carbonyl (C=O) groups is 1. The predicted molar refractivity (Wildman–Crippen MR) is 129 cm³/mol. The lowest BCUT2D eigenvalue weighted by Crippen LogP contribution is -2.41. The van der Waals surface area contributed by atoms with Crippen LogP contribution < -0.4 is 4.90 Å². The number of aliphatic hydroxyl groups excluding tert-OH is 1. The van der Waals surface area contributed by atoms with Crippen LogP contribution in [0.5, 0.6) is 0 Å². The second kappa shape index (κ2) is 8.51. The molecule has 9 heteroatoms. The first-order valence-corrected chi connectivity index (χ1v) is 12.2. The first-order valence-electron chi connectivity index (χ1n) is 12.2. The number of anilines is 1. The third-order valence-corrected chi connectivity index (χ3v) is 7.42. The second-order valence-corrected chi connectivity index (χ2v) is 9.79. The van der Waals surface area contributed by atoms with E-state index >= 15 is 0 Å². The monoisotopic (exact) mass is 492 g/mol. The lowest BCUT2D eigenvalue weighted by Gasteiger charge is -2.39. The van der Waals surface area contributed by atoms with E-state index in [0.29, 0.717) is 43.6 Å². The maximum Gasteiger partial charge on any atom is 0.227 e. The molecule has 0 bridgehead atoms. The third-order valence-electron chi connectivity index (χ3n) is 7.42. The van der Waals surface area contributed by atoms with Crippen molar-refractivity contribution in [3.63, 3.8) is 0 Å². The minimum absolute atomic E-state index is 0.0359. The van der Waals surface area contributed by atoms with Gasteiger partial charge in [-0.1, -0.05) is 11.2 Å². The molecule has 1 aliphatic heterocycles. The lowest BCUT2D eigenvalue weighted by atomic mass is 9.88. The molecule has 0 radical (unpaired) electrons. The van der Waals surface area contributed by atoms with Crippen LogP contribution in [0.15, 0.2) is 40.9 Å². The molecule has 4 aromatic rings.